The Morgan fingerprint density at radius 3 is 1.76 bits per heavy atom. The highest BCUT2D eigenvalue weighted by Crippen LogP contribution is 2.69. The highest BCUT2D eigenvalue weighted by molar-refractivity contribution is 7.72. The Morgan fingerprint density at radius 2 is 1.40 bits per heavy atom. The van der Waals surface area contributed by atoms with E-state index >= 15 is 0 Å². The summed E-state index contributed by atoms with van der Waals surface area (Å²) in [6.45, 7) is 8.83. The number of anilines is 1. The van der Waals surface area contributed by atoms with E-state index in [4.69, 9.17) is 18.1 Å². The van der Waals surface area contributed by atoms with Gasteiger partial charge in [-0.2, -0.15) is 0 Å². The number of hydrogen-bond donors (Lipinski definition) is 1. The summed E-state index contributed by atoms with van der Waals surface area (Å²) in [5.74, 6) is 0.129. The maximum Gasteiger partial charge on any atom is 0.365 e. The Morgan fingerprint density at radius 1 is 0.960 bits per heavy atom. The largest absolute Gasteiger partial charge is 0.365 e. The molecule has 0 bridgehead atoms. The summed E-state index contributed by atoms with van der Waals surface area (Å²) in [6, 6.07) is 1.70. The molecule has 1 heterocycles. The van der Waals surface area contributed by atoms with Crippen molar-refractivity contribution in [2.75, 3.05) is 31.7 Å². The van der Waals surface area contributed by atoms with Crippen LogP contribution >= 0.6 is 15.2 Å². The minimum atomic E-state index is -3.90. The molecule has 9 nitrogen and oxygen atoms in total. The van der Waals surface area contributed by atoms with Gasteiger partial charge in [0.1, 0.15) is 0 Å². The lowest BCUT2D eigenvalue weighted by Gasteiger charge is -2.31. The molecule has 0 saturated heterocycles. The third kappa shape index (κ3) is 6.13. The zero-order valence-electron chi connectivity index (χ0n) is 15.3. The van der Waals surface area contributed by atoms with Crippen molar-refractivity contribution in [1.82, 2.24) is 9.97 Å². The molecule has 0 unspecified atom stereocenters. The van der Waals surface area contributed by atoms with Gasteiger partial charge in [0.15, 0.2) is 0 Å². The summed E-state index contributed by atoms with van der Waals surface area (Å²) in [7, 11) is -7.79. The molecule has 11 heteroatoms. The summed E-state index contributed by atoms with van der Waals surface area (Å²) in [5, 5.41) is 2.79. The molecule has 0 atom stereocenters. The van der Waals surface area contributed by atoms with Crippen molar-refractivity contribution in [1.29, 1.82) is 0 Å². The van der Waals surface area contributed by atoms with Gasteiger partial charge in [-0.1, -0.05) is 0 Å². The maximum atomic E-state index is 13.3. The normalized spacial score (nSPS) is 12.6. The molecule has 1 aromatic rings. The number of nitrogens with zero attached hydrogens (tertiary/aromatic N) is 2. The second kappa shape index (κ2) is 10.4. The van der Waals surface area contributed by atoms with Gasteiger partial charge >= 0.3 is 15.2 Å². The molecule has 1 aromatic heterocycles. The second-order valence-electron chi connectivity index (χ2n) is 4.79. The van der Waals surface area contributed by atoms with Gasteiger partial charge in [0.2, 0.25) is 11.5 Å². The lowest BCUT2D eigenvalue weighted by atomic mass is 10.5. The number of rotatable bonds is 12. The summed E-state index contributed by atoms with van der Waals surface area (Å²) in [4.78, 5) is 8.25. The van der Waals surface area contributed by atoms with E-state index in [1.807, 2.05) is 0 Å². The maximum absolute atomic E-state index is 13.3. The van der Waals surface area contributed by atoms with E-state index < -0.39 is 20.7 Å². The molecule has 144 valence electrons. The molecule has 0 aliphatic carbocycles. The van der Waals surface area contributed by atoms with Crippen LogP contribution in [-0.4, -0.2) is 41.9 Å². The van der Waals surface area contributed by atoms with Crippen LogP contribution in [0.25, 0.3) is 0 Å². The third-order valence-corrected chi connectivity index (χ3v) is 8.51. The lowest BCUT2D eigenvalue weighted by Crippen LogP contribution is -2.26. The summed E-state index contributed by atoms with van der Waals surface area (Å²) >= 11 is 0. The topological polar surface area (TPSA) is 109 Å². The molecule has 0 fully saturated rings. The minimum Gasteiger partial charge on any atom is -0.330 e. The van der Waals surface area contributed by atoms with Crippen LogP contribution in [0.5, 0.6) is 0 Å². The SMILES string of the molecule is CCOP(=O)(OCC)C(Nc1nccc(C)n1)P(=O)(OCC)OCC. The zero-order valence-corrected chi connectivity index (χ0v) is 17.1. The monoisotopic (exact) mass is 395 g/mol. The van der Waals surface area contributed by atoms with Crippen LogP contribution in [-0.2, 0) is 27.2 Å². The second-order valence-corrected chi connectivity index (χ2v) is 9.42. The molecule has 0 aliphatic heterocycles. The van der Waals surface area contributed by atoms with Gasteiger partial charge in [0.25, 0.3) is 0 Å². The van der Waals surface area contributed by atoms with Gasteiger partial charge < -0.3 is 23.4 Å². The van der Waals surface area contributed by atoms with Crippen LogP contribution in [0.2, 0.25) is 0 Å². The molecular weight excluding hydrogens is 368 g/mol. The van der Waals surface area contributed by atoms with Crippen molar-refractivity contribution < 1.29 is 27.2 Å². The first-order valence-corrected chi connectivity index (χ1v) is 11.4. The van der Waals surface area contributed by atoms with Crippen LogP contribution < -0.4 is 5.32 Å². The van der Waals surface area contributed by atoms with E-state index in [9.17, 15) is 9.13 Å². The molecule has 0 saturated carbocycles. The fourth-order valence-corrected chi connectivity index (χ4v) is 6.93. The van der Waals surface area contributed by atoms with Crippen molar-refractivity contribution >= 4 is 21.1 Å². The standard InChI is InChI=1S/C14H27N3O6P2/c1-6-20-24(18,21-7-2)14(25(19,22-8-3)23-9-4)17-13-15-11-10-12(5)16-13/h10-11,14H,6-9H2,1-5H3,(H,15,16,17). The van der Waals surface area contributed by atoms with Gasteiger partial charge in [0, 0.05) is 11.9 Å². The first-order chi connectivity index (χ1) is 11.8. The predicted molar refractivity (Wildman–Crippen MR) is 95.9 cm³/mol. The molecular formula is C14H27N3O6P2. The average Bonchev–Trinajstić information content (AvgIpc) is 2.53. The van der Waals surface area contributed by atoms with Crippen molar-refractivity contribution in [3.8, 4) is 0 Å². The number of aromatic nitrogens is 2. The van der Waals surface area contributed by atoms with Gasteiger partial charge in [-0.25, -0.2) is 9.97 Å². The molecule has 25 heavy (non-hydrogen) atoms. The zero-order chi connectivity index (χ0) is 18.9. The number of aryl methyl sites for hydroxylation is 1. The lowest BCUT2D eigenvalue weighted by molar-refractivity contribution is 0.198. The van der Waals surface area contributed by atoms with Crippen molar-refractivity contribution in [3.05, 3.63) is 18.0 Å². The fourth-order valence-electron chi connectivity index (χ4n) is 2.04. The molecule has 0 aliphatic rings. The molecule has 0 aromatic carbocycles. The Labute approximate surface area is 148 Å². The average molecular weight is 395 g/mol. The molecule has 1 rings (SSSR count). The van der Waals surface area contributed by atoms with E-state index in [1.54, 1.807) is 40.7 Å². The Hall–Kier alpha value is -0.820. The highest BCUT2D eigenvalue weighted by Gasteiger charge is 2.51. The predicted octanol–water partition coefficient (Wildman–Crippen LogP) is 4.01. The van der Waals surface area contributed by atoms with Gasteiger partial charge in [-0.3, -0.25) is 9.13 Å². The summed E-state index contributed by atoms with van der Waals surface area (Å²) in [5.41, 5.74) is -0.705. The van der Waals surface area contributed by atoms with E-state index in [1.165, 1.54) is 6.20 Å². The van der Waals surface area contributed by atoms with E-state index in [-0.39, 0.29) is 32.4 Å². The smallest absolute Gasteiger partial charge is 0.330 e. The van der Waals surface area contributed by atoms with Crippen molar-refractivity contribution in [2.24, 2.45) is 0 Å². The molecule has 1 N–H and O–H groups in total. The van der Waals surface area contributed by atoms with E-state index in [0.717, 1.165) is 0 Å². The minimum absolute atomic E-state index is 0.0996. The highest BCUT2D eigenvalue weighted by atomic mass is 31.2. The van der Waals surface area contributed by atoms with Gasteiger partial charge in [-0.05, 0) is 40.7 Å². The first kappa shape index (κ1) is 22.2. The quantitative estimate of drug-likeness (QED) is 0.525. The Kier molecular flexibility index (Phi) is 9.21. The van der Waals surface area contributed by atoms with Crippen LogP contribution in [0, 0.1) is 6.92 Å². The van der Waals surface area contributed by atoms with Crippen LogP contribution in [0.4, 0.5) is 5.95 Å². The summed E-state index contributed by atoms with van der Waals surface area (Å²) in [6.07, 6.45) is 1.53. The molecule has 0 radical (unpaired) electrons. The van der Waals surface area contributed by atoms with Crippen LogP contribution in [0.1, 0.15) is 33.4 Å². The van der Waals surface area contributed by atoms with Crippen molar-refractivity contribution in [3.63, 3.8) is 0 Å². The van der Waals surface area contributed by atoms with Crippen molar-refractivity contribution in [2.45, 2.75) is 40.1 Å². The fraction of sp³-hybridized carbons (Fsp3) is 0.714. The van der Waals surface area contributed by atoms with Crippen LogP contribution in [0.15, 0.2) is 12.3 Å². The van der Waals surface area contributed by atoms with Crippen LogP contribution in [0.3, 0.4) is 0 Å². The Bertz CT molecular complexity index is 580. The Balaban J connectivity index is 3.37. The van der Waals surface area contributed by atoms with E-state index in [2.05, 4.69) is 15.3 Å². The van der Waals surface area contributed by atoms with Gasteiger partial charge in [-0.15, -0.1) is 0 Å². The molecule has 0 amide bonds. The third-order valence-electron chi connectivity index (χ3n) is 2.89. The number of hydrogen-bond acceptors (Lipinski definition) is 9. The molecule has 0 spiro atoms. The number of nitrogens with one attached hydrogen (secondary N) is 1. The first-order valence-electron chi connectivity index (χ1n) is 8.18. The van der Waals surface area contributed by atoms with Gasteiger partial charge in [0.05, 0.1) is 26.4 Å². The summed E-state index contributed by atoms with van der Waals surface area (Å²) < 4.78 is 48.0. The van der Waals surface area contributed by atoms with E-state index in [0.29, 0.717) is 5.69 Å².